The molecule has 2 unspecified atom stereocenters. The summed E-state index contributed by atoms with van der Waals surface area (Å²) < 4.78 is 38.8. The van der Waals surface area contributed by atoms with Gasteiger partial charge in [-0.25, -0.2) is 4.98 Å². The lowest BCUT2D eigenvalue weighted by atomic mass is 10.2. The first-order valence-electron chi connectivity index (χ1n) is 6.82. The molecule has 1 aromatic heterocycles. The molecule has 1 saturated heterocycles. The number of benzene rings is 1. The van der Waals surface area contributed by atoms with Gasteiger partial charge < -0.3 is 10.2 Å². The van der Waals surface area contributed by atoms with Gasteiger partial charge in [0.05, 0.1) is 15.8 Å². The van der Waals surface area contributed by atoms with E-state index in [2.05, 4.69) is 29.0 Å². The summed E-state index contributed by atoms with van der Waals surface area (Å²) in [6.07, 6.45) is -4.31. The molecule has 2 aromatic rings. The van der Waals surface area contributed by atoms with Gasteiger partial charge in [0.25, 0.3) is 0 Å². The molecule has 3 rings (SSSR count). The van der Waals surface area contributed by atoms with E-state index in [1.165, 1.54) is 23.5 Å². The van der Waals surface area contributed by atoms with E-state index in [4.69, 9.17) is 0 Å². The molecule has 1 aliphatic rings. The fourth-order valence-electron chi connectivity index (χ4n) is 2.71. The van der Waals surface area contributed by atoms with Gasteiger partial charge in [-0.05, 0) is 32.0 Å². The molecule has 1 N–H and O–H groups in total. The molecule has 1 aromatic carbocycles. The minimum Gasteiger partial charge on any atom is -0.345 e. The summed E-state index contributed by atoms with van der Waals surface area (Å²) in [6, 6.07) is 4.41. The van der Waals surface area contributed by atoms with Gasteiger partial charge in [0.2, 0.25) is 0 Å². The molecule has 0 radical (unpaired) electrons. The van der Waals surface area contributed by atoms with Crippen LogP contribution in [0.15, 0.2) is 18.2 Å². The Bertz CT molecular complexity index is 642. The Kier molecular flexibility index (Phi) is 3.57. The highest BCUT2D eigenvalue weighted by molar-refractivity contribution is 7.22. The standard InChI is InChI=1S/C14H16F3N3S/c1-8-6-20(7-9(2)18-8)13-19-11-4-3-10(14(15,16)17)5-12(11)21-13/h3-5,8-9,18H,6-7H2,1-2H3. The number of fused-ring (bicyclic) bond motifs is 1. The Labute approximate surface area is 124 Å². The van der Waals surface area contributed by atoms with Crippen molar-refractivity contribution < 1.29 is 13.2 Å². The molecule has 1 aliphatic heterocycles. The number of piperazine rings is 1. The number of hydrogen-bond donors (Lipinski definition) is 1. The lowest BCUT2D eigenvalue weighted by Gasteiger charge is -2.35. The Hall–Kier alpha value is -1.34. The molecule has 2 heterocycles. The van der Waals surface area contributed by atoms with Crippen molar-refractivity contribution in [3.8, 4) is 0 Å². The van der Waals surface area contributed by atoms with Crippen LogP contribution in [0.5, 0.6) is 0 Å². The minimum absolute atomic E-state index is 0.339. The minimum atomic E-state index is -4.31. The molecule has 0 amide bonds. The van der Waals surface area contributed by atoms with E-state index in [9.17, 15) is 13.2 Å². The van der Waals surface area contributed by atoms with Crippen molar-refractivity contribution in [3.05, 3.63) is 23.8 Å². The molecule has 114 valence electrons. The van der Waals surface area contributed by atoms with Crippen LogP contribution in [0.25, 0.3) is 10.2 Å². The molecule has 0 spiro atoms. The van der Waals surface area contributed by atoms with E-state index in [1.54, 1.807) is 0 Å². The number of nitrogens with zero attached hydrogens (tertiary/aromatic N) is 2. The van der Waals surface area contributed by atoms with Crippen LogP contribution in [-0.2, 0) is 6.18 Å². The molecular formula is C14H16F3N3S. The number of halogens is 3. The van der Waals surface area contributed by atoms with Crippen LogP contribution < -0.4 is 10.2 Å². The van der Waals surface area contributed by atoms with Crippen LogP contribution in [0, 0.1) is 0 Å². The van der Waals surface area contributed by atoms with Gasteiger partial charge in [-0.15, -0.1) is 0 Å². The third-order valence-corrected chi connectivity index (χ3v) is 4.61. The van der Waals surface area contributed by atoms with E-state index >= 15 is 0 Å². The highest BCUT2D eigenvalue weighted by Gasteiger charge is 2.31. The normalized spacial score (nSPS) is 23.8. The number of nitrogens with one attached hydrogen (secondary N) is 1. The van der Waals surface area contributed by atoms with Crippen molar-refractivity contribution in [1.82, 2.24) is 10.3 Å². The number of aromatic nitrogens is 1. The monoisotopic (exact) mass is 315 g/mol. The third kappa shape index (κ3) is 2.98. The number of thiazole rings is 1. The molecule has 0 saturated carbocycles. The van der Waals surface area contributed by atoms with Gasteiger partial charge in [0.15, 0.2) is 5.13 Å². The Morgan fingerprint density at radius 2 is 1.90 bits per heavy atom. The zero-order valence-electron chi connectivity index (χ0n) is 11.7. The smallest absolute Gasteiger partial charge is 0.345 e. The zero-order chi connectivity index (χ0) is 15.2. The maximum Gasteiger partial charge on any atom is 0.416 e. The quantitative estimate of drug-likeness (QED) is 0.873. The Morgan fingerprint density at radius 3 is 2.52 bits per heavy atom. The SMILES string of the molecule is CC1CN(c2nc3ccc(C(F)(F)F)cc3s2)CC(C)N1. The van der Waals surface area contributed by atoms with Gasteiger partial charge >= 0.3 is 6.18 Å². The van der Waals surface area contributed by atoms with Gasteiger partial charge in [0, 0.05) is 25.2 Å². The highest BCUT2D eigenvalue weighted by atomic mass is 32.1. The second-order valence-corrected chi connectivity index (χ2v) is 6.56. The summed E-state index contributed by atoms with van der Waals surface area (Å²) in [5.41, 5.74) is 0.00841. The van der Waals surface area contributed by atoms with E-state index < -0.39 is 11.7 Å². The fraction of sp³-hybridized carbons (Fsp3) is 0.500. The molecule has 7 heteroatoms. The molecular weight excluding hydrogens is 299 g/mol. The van der Waals surface area contributed by atoms with Crippen molar-refractivity contribution in [3.63, 3.8) is 0 Å². The van der Waals surface area contributed by atoms with Crippen LogP contribution in [0.1, 0.15) is 19.4 Å². The van der Waals surface area contributed by atoms with Crippen LogP contribution in [0.2, 0.25) is 0 Å². The average Bonchev–Trinajstić information content (AvgIpc) is 2.79. The Morgan fingerprint density at radius 1 is 1.24 bits per heavy atom. The van der Waals surface area contributed by atoms with E-state index in [-0.39, 0.29) is 0 Å². The summed E-state index contributed by atoms with van der Waals surface area (Å²) in [7, 11) is 0. The molecule has 3 nitrogen and oxygen atoms in total. The van der Waals surface area contributed by atoms with Gasteiger partial charge in [0.1, 0.15) is 0 Å². The summed E-state index contributed by atoms with van der Waals surface area (Å²) in [6.45, 7) is 5.82. The van der Waals surface area contributed by atoms with Gasteiger partial charge in [-0.1, -0.05) is 11.3 Å². The maximum absolute atomic E-state index is 12.7. The van der Waals surface area contributed by atoms with Crippen molar-refractivity contribution in [1.29, 1.82) is 0 Å². The first-order valence-corrected chi connectivity index (χ1v) is 7.63. The molecule has 21 heavy (non-hydrogen) atoms. The summed E-state index contributed by atoms with van der Waals surface area (Å²) >= 11 is 1.33. The Balaban J connectivity index is 1.94. The van der Waals surface area contributed by atoms with E-state index in [1.807, 2.05) is 0 Å². The second kappa shape index (κ2) is 5.14. The first-order chi connectivity index (χ1) is 9.83. The fourth-order valence-corrected chi connectivity index (χ4v) is 3.73. The van der Waals surface area contributed by atoms with Crippen molar-refractivity contribution in [2.24, 2.45) is 0 Å². The number of hydrogen-bond acceptors (Lipinski definition) is 4. The van der Waals surface area contributed by atoms with E-state index in [0.29, 0.717) is 22.3 Å². The topological polar surface area (TPSA) is 28.2 Å². The van der Waals surface area contributed by atoms with Crippen molar-refractivity contribution in [2.75, 3.05) is 18.0 Å². The van der Waals surface area contributed by atoms with Crippen molar-refractivity contribution in [2.45, 2.75) is 32.1 Å². The molecule has 0 aliphatic carbocycles. The number of rotatable bonds is 1. The van der Waals surface area contributed by atoms with Crippen molar-refractivity contribution >= 4 is 26.7 Å². The van der Waals surface area contributed by atoms with Crippen LogP contribution >= 0.6 is 11.3 Å². The summed E-state index contributed by atoms with van der Waals surface area (Å²) in [5.74, 6) is 0. The highest BCUT2D eigenvalue weighted by Crippen LogP contribution is 2.35. The first kappa shape index (κ1) is 14.6. The molecule has 2 atom stereocenters. The average molecular weight is 315 g/mol. The maximum atomic E-state index is 12.7. The predicted molar refractivity (Wildman–Crippen MR) is 78.9 cm³/mol. The lowest BCUT2D eigenvalue weighted by Crippen LogP contribution is -2.54. The van der Waals surface area contributed by atoms with Gasteiger partial charge in [-0.3, -0.25) is 0 Å². The largest absolute Gasteiger partial charge is 0.416 e. The second-order valence-electron chi connectivity index (χ2n) is 5.55. The molecule has 0 bridgehead atoms. The van der Waals surface area contributed by atoms with E-state index in [0.717, 1.165) is 24.3 Å². The predicted octanol–water partition coefficient (Wildman–Crippen LogP) is 3.50. The van der Waals surface area contributed by atoms with Crippen LogP contribution in [-0.4, -0.2) is 30.2 Å². The van der Waals surface area contributed by atoms with Gasteiger partial charge in [-0.2, -0.15) is 13.2 Å². The number of alkyl halides is 3. The van der Waals surface area contributed by atoms with Crippen LogP contribution in [0.3, 0.4) is 0 Å². The number of anilines is 1. The third-order valence-electron chi connectivity index (χ3n) is 3.53. The van der Waals surface area contributed by atoms with Crippen LogP contribution in [0.4, 0.5) is 18.3 Å². The summed E-state index contributed by atoms with van der Waals surface area (Å²) in [4.78, 5) is 6.62. The lowest BCUT2D eigenvalue weighted by molar-refractivity contribution is -0.137. The summed E-state index contributed by atoms with van der Waals surface area (Å²) in [5, 5.41) is 4.22. The molecule has 1 fully saturated rings. The zero-order valence-corrected chi connectivity index (χ0v) is 12.6.